The number of carbonyl (C=O) groups excluding carboxylic acids is 1. The maximum absolute atomic E-state index is 12.4. The van der Waals surface area contributed by atoms with Gasteiger partial charge in [-0.3, -0.25) is 4.79 Å². The van der Waals surface area contributed by atoms with Crippen LogP contribution in [0.4, 0.5) is 5.69 Å². The highest BCUT2D eigenvalue weighted by atomic mass is 32.2. The number of benzene rings is 2. The molecule has 2 rings (SSSR count). The minimum absolute atomic E-state index is 0.147. The first kappa shape index (κ1) is 21.0. The summed E-state index contributed by atoms with van der Waals surface area (Å²) >= 11 is 5.11. The van der Waals surface area contributed by atoms with Crippen molar-refractivity contribution in [2.45, 2.75) is 32.2 Å². The lowest BCUT2D eigenvalue weighted by Gasteiger charge is -2.18. The van der Waals surface area contributed by atoms with E-state index >= 15 is 0 Å². The van der Waals surface area contributed by atoms with Crippen LogP contribution in [0.2, 0.25) is 0 Å². The lowest BCUT2D eigenvalue weighted by molar-refractivity contribution is -0.126. The van der Waals surface area contributed by atoms with Gasteiger partial charge in [0.05, 0.1) is 4.90 Å². The Bertz CT molecular complexity index is 903. The molecule has 0 aliphatic carbocycles. The molecule has 0 saturated carbocycles. The van der Waals surface area contributed by atoms with Crippen molar-refractivity contribution in [3.8, 4) is 0 Å². The Balaban J connectivity index is 1.97. The summed E-state index contributed by atoms with van der Waals surface area (Å²) in [7, 11) is -3.62. The average Bonchev–Trinajstić information content (AvgIpc) is 2.60. The highest BCUT2D eigenvalue weighted by Gasteiger charge is 2.22. The lowest BCUT2D eigenvalue weighted by Crippen LogP contribution is -2.41. The number of amides is 1. The van der Waals surface area contributed by atoms with E-state index in [1.54, 1.807) is 32.9 Å². The predicted octanol–water partition coefficient (Wildman–Crippen LogP) is 3.02. The monoisotopic (exact) mass is 405 g/mol. The summed E-state index contributed by atoms with van der Waals surface area (Å²) in [6.45, 7) is 5.57. The zero-order valence-corrected chi connectivity index (χ0v) is 17.1. The van der Waals surface area contributed by atoms with Gasteiger partial charge in [-0.15, -0.1) is 0 Å². The third-order valence-electron chi connectivity index (χ3n) is 3.64. The van der Waals surface area contributed by atoms with Crippen LogP contribution in [0.5, 0.6) is 0 Å². The first-order chi connectivity index (χ1) is 12.6. The summed E-state index contributed by atoms with van der Waals surface area (Å²) in [6, 6.07) is 15.4. The van der Waals surface area contributed by atoms with Gasteiger partial charge in [0.25, 0.3) is 0 Å². The Morgan fingerprint density at radius 3 is 2.15 bits per heavy atom. The molecule has 0 bridgehead atoms. The molecule has 0 aliphatic rings. The van der Waals surface area contributed by atoms with Crippen LogP contribution < -0.4 is 15.4 Å². The largest absolute Gasteiger partial charge is 0.332 e. The van der Waals surface area contributed by atoms with Crippen molar-refractivity contribution >= 4 is 38.9 Å². The van der Waals surface area contributed by atoms with Crippen molar-refractivity contribution < 1.29 is 13.2 Å². The van der Waals surface area contributed by atoms with Gasteiger partial charge in [0.15, 0.2) is 5.11 Å². The van der Waals surface area contributed by atoms with Gasteiger partial charge in [-0.25, -0.2) is 13.1 Å². The second kappa shape index (κ2) is 8.60. The van der Waals surface area contributed by atoms with Crippen molar-refractivity contribution in [1.29, 1.82) is 0 Å². The molecule has 3 N–H and O–H groups in total. The molecule has 0 unspecified atom stereocenters. The van der Waals surface area contributed by atoms with E-state index in [1.807, 2.05) is 30.3 Å². The van der Waals surface area contributed by atoms with E-state index in [4.69, 9.17) is 12.2 Å². The van der Waals surface area contributed by atoms with E-state index in [-0.39, 0.29) is 22.5 Å². The minimum atomic E-state index is -3.62. The first-order valence-corrected chi connectivity index (χ1v) is 10.2. The molecule has 0 atom stereocenters. The summed E-state index contributed by atoms with van der Waals surface area (Å²) in [5.74, 6) is -0.204. The summed E-state index contributed by atoms with van der Waals surface area (Å²) in [4.78, 5) is 12.1. The van der Waals surface area contributed by atoms with Gasteiger partial charge in [-0.2, -0.15) is 0 Å². The fraction of sp³-hybridized carbons (Fsp3) is 0.263. The second-order valence-electron chi connectivity index (χ2n) is 6.99. The Hall–Kier alpha value is -2.29. The third kappa shape index (κ3) is 6.42. The SMILES string of the molecule is CC(C)(C)C(=O)NC(=S)Nc1ccc(S(=O)(=O)NCc2ccccc2)cc1. The van der Waals surface area contributed by atoms with Gasteiger partial charge in [0.1, 0.15) is 0 Å². The third-order valence-corrected chi connectivity index (χ3v) is 5.26. The number of hydrogen-bond donors (Lipinski definition) is 3. The molecule has 0 fully saturated rings. The van der Waals surface area contributed by atoms with Gasteiger partial charge >= 0.3 is 0 Å². The van der Waals surface area contributed by atoms with Crippen molar-refractivity contribution in [2.24, 2.45) is 5.41 Å². The topological polar surface area (TPSA) is 87.3 Å². The molecule has 0 saturated heterocycles. The Kier molecular flexibility index (Phi) is 6.69. The highest BCUT2D eigenvalue weighted by molar-refractivity contribution is 7.89. The summed E-state index contributed by atoms with van der Waals surface area (Å²) < 4.78 is 27.3. The molecule has 2 aromatic rings. The maximum Gasteiger partial charge on any atom is 0.240 e. The van der Waals surface area contributed by atoms with Gasteiger partial charge in [-0.05, 0) is 42.0 Å². The maximum atomic E-state index is 12.4. The van der Waals surface area contributed by atoms with E-state index in [2.05, 4.69) is 15.4 Å². The Morgan fingerprint density at radius 2 is 1.59 bits per heavy atom. The lowest BCUT2D eigenvalue weighted by atomic mass is 9.96. The normalized spacial score (nSPS) is 11.7. The molecule has 27 heavy (non-hydrogen) atoms. The van der Waals surface area contributed by atoms with Crippen molar-refractivity contribution in [1.82, 2.24) is 10.0 Å². The van der Waals surface area contributed by atoms with Crippen LogP contribution in [0, 0.1) is 5.41 Å². The minimum Gasteiger partial charge on any atom is -0.332 e. The summed E-state index contributed by atoms with van der Waals surface area (Å²) in [5, 5.41) is 5.63. The van der Waals surface area contributed by atoms with Crippen LogP contribution in [-0.2, 0) is 21.4 Å². The summed E-state index contributed by atoms with van der Waals surface area (Å²) in [6.07, 6.45) is 0. The van der Waals surface area contributed by atoms with Gasteiger partial charge < -0.3 is 10.6 Å². The zero-order chi connectivity index (χ0) is 20.1. The van der Waals surface area contributed by atoms with Crippen LogP contribution in [-0.4, -0.2) is 19.4 Å². The number of hydrogen-bond acceptors (Lipinski definition) is 4. The molecule has 144 valence electrons. The molecule has 0 aromatic heterocycles. The molecular formula is C19H23N3O3S2. The van der Waals surface area contributed by atoms with E-state index < -0.39 is 15.4 Å². The predicted molar refractivity (Wildman–Crippen MR) is 111 cm³/mol. The Morgan fingerprint density at radius 1 is 1.00 bits per heavy atom. The van der Waals surface area contributed by atoms with Crippen LogP contribution in [0.25, 0.3) is 0 Å². The molecule has 0 aliphatic heterocycles. The van der Waals surface area contributed by atoms with Gasteiger partial charge in [0, 0.05) is 17.6 Å². The second-order valence-corrected chi connectivity index (χ2v) is 9.17. The number of carbonyl (C=O) groups is 1. The van der Waals surface area contributed by atoms with E-state index in [1.165, 1.54) is 12.1 Å². The average molecular weight is 406 g/mol. The van der Waals surface area contributed by atoms with Crippen molar-refractivity contribution in [3.05, 3.63) is 60.2 Å². The molecule has 0 heterocycles. The number of anilines is 1. The summed E-state index contributed by atoms with van der Waals surface area (Å²) in [5.41, 5.74) is 0.893. The van der Waals surface area contributed by atoms with Gasteiger partial charge in [-0.1, -0.05) is 51.1 Å². The quantitative estimate of drug-likeness (QED) is 0.666. The molecule has 0 spiro atoms. The van der Waals surface area contributed by atoms with Crippen LogP contribution in [0.1, 0.15) is 26.3 Å². The van der Waals surface area contributed by atoms with Crippen molar-refractivity contribution in [2.75, 3.05) is 5.32 Å². The van der Waals surface area contributed by atoms with E-state index in [9.17, 15) is 13.2 Å². The molecule has 1 amide bonds. The number of thiocarbonyl (C=S) groups is 1. The number of sulfonamides is 1. The fourth-order valence-electron chi connectivity index (χ4n) is 2.03. The molecule has 6 nitrogen and oxygen atoms in total. The first-order valence-electron chi connectivity index (χ1n) is 8.34. The molecule has 2 aromatic carbocycles. The van der Waals surface area contributed by atoms with Crippen LogP contribution in [0.3, 0.4) is 0 Å². The number of rotatable bonds is 5. The standard InChI is InChI=1S/C19H23N3O3S2/c1-19(2,3)17(23)22-18(26)21-15-9-11-16(12-10-15)27(24,25)20-13-14-7-5-4-6-8-14/h4-12,20H,13H2,1-3H3,(H2,21,22,23,26). The Labute approximate surface area is 165 Å². The molecular weight excluding hydrogens is 382 g/mol. The van der Waals surface area contributed by atoms with Gasteiger partial charge in [0.2, 0.25) is 15.9 Å². The van der Waals surface area contributed by atoms with Crippen molar-refractivity contribution in [3.63, 3.8) is 0 Å². The highest BCUT2D eigenvalue weighted by Crippen LogP contribution is 2.15. The molecule has 8 heteroatoms. The van der Waals surface area contributed by atoms with Crippen LogP contribution in [0.15, 0.2) is 59.5 Å². The smallest absolute Gasteiger partial charge is 0.240 e. The number of nitrogens with one attached hydrogen (secondary N) is 3. The fourth-order valence-corrected chi connectivity index (χ4v) is 3.26. The van der Waals surface area contributed by atoms with E-state index in [0.29, 0.717) is 5.69 Å². The zero-order valence-electron chi connectivity index (χ0n) is 15.4. The van der Waals surface area contributed by atoms with E-state index in [0.717, 1.165) is 5.56 Å². The molecule has 0 radical (unpaired) electrons. The van der Waals surface area contributed by atoms with Crippen LogP contribution >= 0.6 is 12.2 Å².